The van der Waals surface area contributed by atoms with Gasteiger partial charge < -0.3 is 10.6 Å². The average Bonchev–Trinajstić information content (AvgIpc) is 2.95. The number of hydrogen-bond donors (Lipinski definition) is 1. The van der Waals surface area contributed by atoms with Gasteiger partial charge in [-0.3, -0.25) is 4.79 Å². The highest BCUT2D eigenvalue weighted by Crippen LogP contribution is 2.37. The number of fused-ring (bicyclic) bond motifs is 1. The predicted molar refractivity (Wildman–Crippen MR) is 70.9 cm³/mol. The molecule has 1 aromatic carbocycles. The second kappa shape index (κ2) is 4.93. The molecule has 1 saturated heterocycles. The van der Waals surface area contributed by atoms with E-state index >= 15 is 0 Å². The maximum atomic E-state index is 12.8. The highest BCUT2D eigenvalue weighted by Gasteiger charge is 2.42. The van der Waals surface area contributed by atoms with Crippen molar-refractivity contribution in [1.29, 1.82) is 0 Å². The smallest absolute Gasteiger partial charge is 0.227 e. The quantitative estimate of drug-likeness (QED) is 0.879. The normalized spacial score (nSPS) is 29.6. The van der Waals surface area contributed by atoms with Crippen LogP contribution in [0.2, 0.25) is 0 Å². The van der Waals surface area contributed by atoms with Crippen LogP contribution in [0.25, 0.3) is 0 Å². The number of hydrogen-bond acceptors (Lipinski definition) is 2. The molecule has 0 bridgehead atoms. The number of carbonyl (C=O) groups is 1. The van der Waals surface area contributed by atoms with Crippen LogP contribution in [0.3, 0.4) is 0 Å². The van der Waals surface area contributed by atoms with Crippen LogP contribution in [0.5, 0.6) is 0 Å². The number of benzene rings is 1. The van der Waals surface area contributed by atoms with E-state index in [1.807, 2.05) is 4.90 Å². The van der Waals surface area contributed by atoms with Gasteiger partial charge in [0.15, 0.2) is 0 Å². The molecule has 3 atom stereocenters. The Morgan fingerprint density at radius 2 is 2.00 bits per heavy atom. The molecule has 102 valence electrons. The second-order valence-electron chi connectivity index (χ2n) is 5.77. The lowest BCUT2D eigenvalue weighted by Crippen LogP contribution is -2.34. The molecule has 3 nitrogen and oxygen atoms in total. The summed E-state index contributed by atoms with van der Waals surface area (Å²) < 4.78 is 12.8. The van der Waals surface area contributed by atoms with Gasteiger partial charge in [0.1, 0.15) is 5.82 Å². The topological polar surface area (TPSA) is 46.3 Å². The fourth-order valence-electron chi connectivity index (χ4n) is 3.40. The standard InChI is InChI=1S/C15H19FN2O/c16-12-4-1-10(2-5-12)7-15(19)18-8-11-3-6-14(17)13(11)9-18/h1-2,4-5,11,13-14H,3,6-9,17H2/t11-,13+,14+/m0/s1. The molecular formula is C15H19FN2O. The molecule has 1 amide bonds. The zero-order valence-electron chi connectivity index (χ0n) is 10.9. The summed E-state index contributed by atoms with van der Waals surface area (Å²) in [7, 11) is 0. The van der Waals surface area contributed by atoms with E-state index in [1.54, 1.807) is 12.1 Å². The molecule has 1 heterocycles. The minimum absolute atomic E-state index is 0.133. The molecule has 19 heavy (non-hydrogen) atoms. The molecule has 0 spiro atoms. The van der Waals surface area contributed by atoms with Gasteiger partial charge in [0, 0.05) is 19.1 Å². The predicted octanol–water partition coefficient (Wildman–Crippen LogP) is 1.56. The summed E-state index contributed by atoms with van der Waals surface area (Å²) in [6.07, 6.45) is 2.59. The van der Waals surface area contributed by atoms with Gasteiger partial charge in [-0.05, 0) is 42.4 Å². The fraction of sp³-hybridized carbons (Fsp3) is 0.533. The molecule has 2 aliphatic rings. The zero-order chi connectivity index (χ0) is 13.4. The van der Waals surface area contributed by atoms with Gasteiger partial charge in [0.05, 0.1) is 6.42 Å². The lowest BCUT2D eigenvalue weighted by Gasteiger charge is -2.18. The summed E-state index contributed by atoms with van der Waals surface area (Å²) in [4.78, 5) is 14.2. The van der Waals surface area contributed by atoms with Crippen molar-refractivity contribution in [1.82, 2.24) is 4.90 Å². The van der Waals surface area contributed by atoms with Gasteiger partial charge in [0.2, 0.25) is 5.91 Å². The Bertz CT molecular complexity index is 474. The Morgan fingerprint density at radius 1 is 1.26 bits per heavy atom. The van der Waals surface area contributed by atoms with Gasteiger partial charge in [-0.1, -0.05) is 12.1 Å². The first kappa shape index (κ1) is 12.6. The lowest BCUT2D eigenvalue weighted by atomic mass is 9.98. The maximum Gasteiger partial charge on any atom is 0.227 e. The number of carbonyl (C=O) groups excluding carboxylic acids is 1. The first-order valence-corrected chi connectivity index (χ1v) is 6.91. The number of halogens is 1. The van der Waals surface area contributed by atoms with E-state index in [9.17, 15) is 9.18 Å². The van der Waals surface area contributed by atoms with Crippen molar-refractivity contribution >= 4 is 5.91 Å². The van der Waals surface area contributed by atoms with Crippen molar-refractivity contribution in [2.45, 2.75) is 25.3 Å². The molecule has 1 aliphatic heterocycles. The van der Waals surface area contributed by atoms with Crippen LogP contribution >= 0.6 is 0 Å². The third kappa shape index (κ3) is 2.50. The van der Waals surface area contributed by atoms with Crippen LogP contribution in [0.4, 0.5) is 4.39 Å². The average molecular weight is 262 g/mol. The van der Waals surface area contributed by atoms with Crippen molar-refractivity contribution in [2.75, 3.05) is 13.1 Å². The minimum atomic E-state index is -0.266. The fourth-order valence-corrected chi connectivity index (χ4v) is 3.40. The Kier molecular flexibility index (Phi) is 3.27. The SMILES string of the molecule is N[C@@H]1CC[C@H]2CN(C(=O)Cc3ccc(F)cc3)C[C@H]21. The molecule has 0 unspecified atom stereocenters. The Balaban J connectivity index is 1.61. The molecule has 4 heteroatoms. The van der Waals surface area contributed by atoms with E-state index in [0.717, 1.165) is 31.5 Å². The Morgan fingerprint density at radius 3 is 2.68 bits per heavy atom. The Labute approximate surface area is 112 Å². The summed E-state index contributed by atoms with van der Waals surface area (Å²) in [5.41, 5.74) is 6.94. The summed E-state index contributed by atoms with van der Waals surface area (Å²) in [6.45, 7) is 1.64. The minimum Gasteiger partial charge on any atom is -0.342 e. The van der Waals surface area contributed by atoms with Gasteiger partial charge in [-0.2, -0.15) is 0 Å². The number of amides is 1. The van der Waals surface area contributed by atoms with E-state index in [4.69, 9.17) is 5.73 Å². The van der Waals surface area contributed by atoms with Crippen molar-refractivity contribution in [2.24, 2.45) is 17.6 Å². The summed E-state index contributed by atoms with van der Waals surface area (Å²) in [5.74, 6) is 0.940. The molecule has 3 rings (SSSR count). The van der Waals surface area contributed by atoms with Crippen molar-refractivity contribution in [3.63, 3.8) is 0 Å². The van der Waals surface area contributed by atoms with Gasteiger partial charge >= 0.3 is 0 Å². The molecule has 0 aromatic heterocycles. The second-order valence-corrected chi connectivity index (χ2v) is 5.77. The van der Waals surface area contributed by atoms with Crippen LogP contribution < -0.4 is 5.73 Å². The van der Waals surface area contributed by atoms with Crippen molar-refractivity contribution in [3.05, 3.63) is 35.6 Å². The van der Waals surface area contributed by atoms with E-state index in [-0.39, 0.29) is 17.8 Å². The van der Waals surface area contributed by atoms with Crippen LogP contribution in [0.15, 0.2) is 24.3 Å². The van der Waals surface area contributed by atoms with Crippen LogP contribution in [-0.2, 0) is 11.2 Å². The molecule has 2 N–H and O–H groups in total. The third-order valence-electron chi connectivity index (χ3n) is 4.53. The number of rotatable bonds is 2. The molecule has 1 aromatic rings. The molecule has 1 saturated carbocycles. The highest BCUT2D eigenvalue weighted by molar-refractivity contribution is 5.79. The summed E-state index contributed by atoms with van der Waals surface area (Å²) >= 11 is 0. The van der Waals surface area contributed by atoms with Crippen LogP contribution in [0, 0.1) is 17.7 Å². The Hall–Kier alpha value is -1.42. The first-order valence-electron chi connectivity index (χ1n) is 6.91. The molecule has 0 radical (unpaired) electrons. The zero-order valence-corrected chi connectivity index (χ0v) is 10.9. The van der Waals surface area contributed by atoms with Gasteiger partial charge in [0.25, 0.3) is 0 Å². The number of nitrogens with zero attached hydrogens (tertiary/aromatic N) is 1. The summed E-state index contributed by atoms with van der Waals surface area (Å²) in [5, 5.41) is 0. The monoisotopic (exact) mass is 262 g/mol. The highest BCUT2D eigenvalue weighted by atomic mass is 19.1. The van der Waals surface area contributed by atoms with E-state index in [2.05, 4.69) is 0 Å². The largest absolute Gasteiger partial charge is 0.342 e. The van der Waals surface area contributed by atoms with Crippen molar-refractivity contribution in [3.8, 4) is 0 Å². The van der Waals surface area contributed by atoms with E-state index in [1.165, 1.54) is 12.1 Å². The van der Waals surface area contributed by atoms with Gasteiger partial charge in [-0.25, -0.2) is 4.39 Å². The van der Waals surface area contributed by atoms with E-state index in [0.29, 0.717) is 18.3 Å². The molecule has 2 fully saturated rings. The van der Waals surface area contributed by atoms with Crippen molar-refractivity contribution < 1.29 is 9.18 Å². The van der Waals surface area contributed by atoms with E-state index < -0.39 is 0 Å². The van der Waals surface area contributed by atoms with Crippen LogP contribution in [-0.4, -0.2) is 29.9 Å². The third-order valence-corrected chi connectivity index (χ3v) is 4.53. The first-order chi connectivity index (χ1) is 9.13. The number of nitrogens with two attached hydrogens (primary N) is 1. The molecule has 1 aliphatic carbocycles. The maximum absolute atomic E-state index is 12.8. The van der Waals surface area contributed by atoms with Crippen LogP contribution in [0.1, 0.15) is 18.4 Å². The summed E-state index contributed by atoms with van der Waals surface area (Å²) in [6, 6.07) is 6.41. The van der Waals surface area contributed by atoms with Gasteiger partial charge in [-0.15, -0.1) is 0 Å². The molecular weight excluding hydrogens is 243 g/mol. The lowest BCUT2D eigenvalue weighted by molar-refractivity contribution is -0.129. The number of likely N-dealkylation sites (tertiary alicyclic amines) is 1.